The van der Waals surface area contributed by atoms with Gasteiger partial charge in [-0.3, -0.25) is 9.59 Å². The maximum atomic E-state index is 12.9. The van der Waals surface area contributed by atoms with Crippen LogP contribution < -0.4 is 9.47 Å². The lowest BCUT2D eigenvalue weighted by atomic mass is 9.83. The molecule has 0 fully saturated rings. The van der Waals surface area contributed by atoms with E-state index in [0.29, 0.717) is 24.7 Å². The molecule has 1 unspecified atom stereocenters. The van der Waals surface area contributed by atoms with Crippen molar-refractivity contribution in [2.45, 2.75) is 40.0 Å². The van der Waals surface area contributed by atoms with Crippen LogP contribution in [0.15, 0.2) is 18.2 Å². The highest BCUT2D eigenvalue weighted by molar-refractivity contribution is 5.87. The van der Waals surface area contributed by atoms with Gasteiger partial charge in [0.2, 0.25) is 5.91 Å². The number of nitrogens with zero attached hydrogens (tertiary/aromatic N) is 1. The first kappa shape index (κ1) is 20.8. The van der Waals surface area contributed by atoms with Gasteiger partial charge in [-0.05, 0) is 45.4 Å². The van der Waals surface area contributed by atoms with E-state index < -0.39 is 17.3 Å². The SMILES string of the molecule is CCOc1ccc(C(C)(C)C(=O)N(C)CC(C)C(=O)O)cc1OCC. The summed E-state index contributed by atoms with van der Waals surface area (Å²) in [5.41, 5.74) is -0.0249. The summed E-state index contributed by atoms with van der Waals surface area (Å²) in [5.74, 6) is -0.443. The van der Waals surface area contributed by atoms with Crippen molar-refractivity contribution in [1.82, 2.24) is 4.90 Å². The number of likely N-dealkylation sites (N-methyl/N-ethyl adjacent to an activating group) is 1. The second-order valence-corrected chi connectivity index (χ2v) is 6.58. The number of amides is 1. The number of ether oxygens (including phenoxy) is 2. The van der Waals surface area contributed by atoms with Gasteiger partial charge in [-0.15, -0.1) is 0 Å². The third-order valence-corrected chi connectivity index (χ3v) is 4.12. The molecule has 0 spiro atoms. The highest BCUT2D eigenvalue weighted by Gasteiger charge is 2.34. The smallest absolute Gasteiger partial charge is 0.308 e. The summed E-state index contributed by atoms with van der Waals surface area (Å²) in [5, 5.41) is 9.04. The summed E-state index contributed by atoms with van der Waals surface area (Å²) in [6.07, 6.45) is 0. The van der Waals surface area contributed by atoms with Crippen molar-refractivity contribution in [1.29, 1.82) is 0 Å². The fourth-order valence-electron chi connectivity index (χ4n) is 2.61. The first-order chi connectivity index (χ1) is 11.6. The molecule has 0 aliphatic carbocycles. The van der Waals surface area contributed by atoms with E-state index in [9.17, 15) is 9.59 Å². The number of hydrogen-bond acceptors (Lipinski definition) is 4. The van der Waals surface area contributed by atoms with E-state index in [0.717, 1.165) is 5.56 Å². The Hall–Kier alpha value is -2.24. The van der Waals surface area contributed by atoms with Gasteiger partial charge in [0.15, 0.2) is 11.5 Å². The van der Waals surface area contributed by atoms with Gasteiger partial charge in [-0.25, -0.2) is 0 Å². The van der Waals surface area contributed by atoms with Crippen LogP contribution in [0, 0.1) is 5.92 Å². The fourth-order valence-corrected chi connectivity index (χ4v) is 2.61. The van der Waals surface area contributed by atoms with E-state index in [2.05, 4.69) is 0 Å². The number of carboxylic acids is 1. The molecule has 25 heavy (non-hydrogen) atoms. The molecule has 6 heteroatoms. The quantitative estimate of drug-likeness (QED) is 0.740. The number of carbonyl (C=O) groups excluding carboxylic acids is 1. The monoisotopic (exact) mass is 351 g/mol. The molecule has 1 amide bonds. The summed E-state index contributed by atoms with van der Waals surface area (Å²) < 4.78 is 11.2. The van der Waals surface area contributed by atoms with Crippen LogP contribution in [0.25, 0.3) is 0 Å². The molecule has 1 rings (SSSR count). The van der Waals surface area contributed by atoms with Crippen LogP contribution in [0.2, 0.25) is 0 Å². The Morgan fingerprint density at radius 2 is 1.72 bits per heavy atom. The first-order valence-corrected chi connectivity index (χ1v) is 8.53. The van der Waals surface area contributed by atoms with Gasteiger partial charge in [0.05, 0.1) is 24.5 Å². The number of benzene rings is 1. The van der Waals surface area contributed by atoms with Crippen LogP contribution >= 0.6 is 0 Å². The Morgan fingerprint density at radius 1 is 1.16 bits per heavy atom. The minimum absolute atomic E-state index is 0.146. The van der Waals surface area contributed by atoms with Crippen LogP contribution in [0.5, 0.6) is 11.5 Å². The maximum Gasteiger partial charge on any atom is 0.308 e. The molecule has 1 N–H and O–H groups in total. The molecule has 0 bridgehead atoms. The lowest BCUT2D eigenvalue weighted by Crippen LogP contribution is -2.44. The largest absolute Gasteiger partial charge is 0.490 e. The Labute approximate surface area is 149 Å². The first-order valence-electron chi connectivity index (χ1n) is 8.53. The van der Waals surface area contributed by atoms with Gasteiger partial charge >= 0.3 is 5.97 Å². The van der Waals surface area contributed by atoms with Gasteiger partial charge in [0.1, 0.15) is 0 Å². The maximum absolute atomic E-state index is 12.9. The molecule has 0 saturated heterocycles. The van der Waals surface area contributed by atoms with Crippen molar-refractivity contribution in [3.63, 3.8) is 0 Å². The topological polar surface area (TPSA) is 76.1 Å². The van der Waals surface area contributed by atoms with E-state index in [-0.39, 0.29) is 12.5 Å². The third kappa shape index (κ3) is 5.11. The van der Waals surface area contributed by atoms with Crippen molar-refractivity contribution in [2.75, 3.05) is 26.8 Å². The zero-order chi connectivity index (χ0) is 19.2. The standard InChI is InChI=1S/C19H29NO5/c1-7-24-15-10-9-14(11-16(15)25-8-2)19(4,5)18(23)20(6)12-13(3)17(21)22/h9-11,13H,7-8,12H2,1-6H3,(H,21,22). The molecule has 0 heterocycles. The van der Waals surface area contributed by atoms with Gasteiger partial charge in [0, 0.05) is 13.6 Å². The molecule has 0 aromatic heterocycles. The van der Waals surface area contributed by atoms with Crippen LogP contribution in [0.1, 0.15) is 40.2 Å². The normalized spacial score (nSPS) is 12.4. The molecule has 0 radical (unpaired) electrons. The summed E-state index contributed by atoms with van der Waals surface area (Å²) in [6, 6.07) is 5.47. The molecule has 0 saturated carbocycles. The minimum atomic E-state index is -0.919. The Morgan fingerprint density at radius 3 is 2.24 bits per heavy atom. The molecular weight excluding hydrogens is 322 g/mol. The number of aliphatic carboxylic acids is 1. The van der Waals surface area contributed by atoms with E-state index in [4.69, 9.17) is 14.6 Å². The number of carboxylic acid groups (broad SMARTS) is 1. The highest BCUT2D eigenvalue weighted by atomic mass is 16.5. The summed E-state index contributed by atoms with van der Waals surface area (Å²) in [4.78, 5) is 25.4. The highest BCUT2D eigenvalue weighted by Crippen LogP contribution is 2.34. The second-order valence-electron chi connectivity index (χ2n) is 6.58. The minimum Gasteiger partial charge on any atom is -0.490 e. The molecule has 140 valence electrons. The Bertz CT molecular complexity index is 612. The molecular formula is C19H29NO5. The average Bonchev–Trinajstić information content (AvgIpc) is 2.55. The molecule has 1 aromatic rings. The van der Waals surface area contributed by atoms with Gasteiger partial charge in [-0.1, -0.05) is 13.0 Å². The predicted molar refractivity (Wildman–Crippen MR) is 96.2 cm³/mol. The fraction of sp³-hybridized carbons (Fsp3) is 0.579. The second kappa shape index (κ2) is 8.74. The van der Waals surface area contributed by atoms with Crippen LogP contribution in [-0.2, 0) is 15.0 Å². The van der Waals surface area contributed by atoms with Crippen molar-refractivity contribution in [3.05, 3.63) is 23.8 Å². The van der Waals surface area contributed by atoms with Gasteiger partial charge in [0.25, 0.3) is 0 Å². The van der Waals surface area contributed by atoms with E-state index in [1.807, 2.05) is 39.8 Å². The Balaban J connectivity index is 3.08. The zero-order valence-electron chi connectivity index (χ0n) is 16.0. The Kier molecular flexibility index (Phi) is 7.27. The van der Waals surface area contributed by atoms with Crippen molar-refractivity contribution < 1.29 is 24.2 Å². The lowest BCUT2D eigenvalue weighted by Gasteiger charge is -2.31. The average molecular weight is 351 g/mol. The molecule has 1 aromatic carbocycles. The van der Waals surface area contributed by atoms with E-state index in [1.54, 1.807) is 20.0 Å². The molecule has 0 aliphatic heterocycles. The molecule has 0 aliphatic rings. The number of rotatable bonds is 9. The predicted octanol–water partition coefficient (Wildman–Crippen LogP) is 2.94. The third-order valence-electron chi connectivity index (χ3n) is 4.12. The zero-order valence-corrected chi connectivity index (χ0v) is 16.0. The number of carbonyl (C=O) groups is 2. The molecule has 6 nitrogen and oxygen atoms in total. The summed E-state index contributed by atoms with van der Waals surface area (Å²) in [7, 11) is 1.63. The van der Waals surface area contributed by atoms with Gasteiger partial charge in [-0.2, -0.15) is 0 Å². The summed E-state index contributed by atoms with van der Waals surface area (Å²) in [6.45, 7) is 10.2. The van der Waals surface area contributed by atoms with Crippen LogP contribution in [-0.4, -0.2) is 48.7 Å². The molecule has 1 atom stereocenters. The van der Waals surface area contributed by atoms with Crippen molar-refractivity contribution in [2.24, 2.45) is 5.92 Å². The van der Waals surface area contributed by atoms with Crippen LogP contribution in [0.4, 0.5) is 0 Å². The van der Waals surface area contributed by atoms with Gasteiger partial charge < -0.3 is 19.5 Å². The van der Waals surface area contributed by atoms with Crippen molar-refractivity contribution >= 4 is 11.9 Å². The van der Waals surface area contributed by atoms with Crippen LogP contribution in [0.3, 0.4) is 0 Å². The van der Waals surface area contributed by atoms with E-state index >= 15 is 0 Å². The lowest BCUT2D eigenvalue weighted by molar-refractivity contribution is -0.143. The van der Waals surface area contributed by atoms with Crippen molar-refractivity contribution in [3.8, 4) is 11.5 Å². The van der Waals surface area contributed by atoms with E-state index in [1.165, 1.54) is 4.90 Å². The summed E-state index contributed by atoms with van der Waals surface area (Å²) >= 11 is 0. The number of hydrogen-bond donors (Lipinski definition) is 1.